The van der Waals surface area contributed by atoms with Crippen LogP contribution < -0.4 is 10.1 Å². The van der Waals surface area contributed by atoms with E-state index in [4.69, 9.17) is 4.74 Å². The van der Waals surface area contributed by atoms with Crippen molar-refractivity contribution in [1.82, 2.24) is 15.1 Å². The summed E-state index contributed by atoms with van der Waals surface area (Å²) in [6.45, 7) is 0. The Hall–Kier alpha value is -1.33. The number of benzene rings is 1. The highest BCUT2D eigenvalue weighted by Crippen LogP contribution is 2.41. The number of aromatic nitrogens is 2. The third kappa shape index (κ3) is 2.40. The van der Waals surface area contributed by atoms with Crippen molar-refractivity contribution in [3.8, 4) is 5.75 Å². The number of rotatable bonds is 2. The van der Waals surface area contributed by atoms with Gasteiger partial charge in [0.15, 0.2) is 0 Å². The lowest BCUT2D eigenvalue weighted by atomic mass is 9.94. The van der Waals surface area contributed by atoms with Gasteiger partial charge in [-0.25, -0.2) is 0 Å². The van der Waals surface area contributed by atoms with Crippen molar-refractivity contribution >= 4 is 15.9 Å². The predicted octanol–water partition coefficient (Wildman–Crippen LogP) is 2.97. The Labute approximate surface area is 120 Å². The van der Waals surface area contributed by atoms with Gasteiger partial charge in [-0.3, -0.25) is 4.68 Å². The van der Waals surface area contributed by atoms with Crippen LogP contribution in [0.1, 0.15) is 29.7 Å². The first-order valence-corrected chi connectivity index (χ1v) is 7.08. The van der Waals surface area contributed by atoms with Gasteiger partial charge in [0.1, 0.15) is 11.9 Å². The van der Waals surface area contributed by atoms with Gasteiger partial charge in [0, 0.05) is 41.3 Å². The normalized spacial score (nSPS) is 21.8. The maximum absolute atomic E-state index is 6.12. The molecule has 0 saturated carbocycles. The summed E-state index contributed by atoms with van der Waals surface area (Å²) in [5, 5.41) is 7.59. The number of ether oxygens (including phenoxy) is 1. The molecular formula is C14H16BrN3O. The average Bonchev–Trinajstić information content (AvgIpc) is 2.83. The van der Waals surface area contributed by atoms with Gasteiger partial charge in [0.05, 0.1) is 6.20 Å². The fraction of sp³-hybridized carbons (Fsp3) is 0.357. The van der Waals surface area contributed by atoms with E-state index in [1.165, 1.54) is 5.56 Å². The largest absolute Gasteiger partial charge is 0.485 e. The minimum Gasteiger partial charge on any atom is -0.485 e. The molecule has 0 bridgehead atoms. The second kappa shape index (κ2) is 4.98. The first-order valence-electron chi connectivity index (χ1n) is 6.29. The molecule has 0 saturated heterocycles. The monoisotopic (exact) mass is 321 g/mol. The Morgan fingerprint density at radius 1 is 1.47 bits per heavy atom. The van der Waals surface area contributed by atoms with Gasteiger partial charge in [-0.1, -0.05) is 22.0 Å². The van der Waals surface area contributed by atoms with Crippen LogP contribution in [-0.4, -0.2) is 16.8 Å². The van der Waals surface area contributed by atoms with E-state index in [-0.39, 0.29) is 6.10 Å². The van der Waals surface area contributed by atoms with Crippen molar-refractivity contribution < 1.29 is 4.74 Å². The summed E-state index contributed by atoms with van der Waals surface area (Å²) < 4.78 is 8.97. The maximum atomic E-state index is 6.12. The van der Waals surface area contributed by atoms with Gasteiger partial charge in [-0.05, 0) is 19.2 Å². The lowest BCUT2D eigenvalue weighted by Gasteiger charge is -2.31. The molecule has 1 aromatic carbocycles. The third-order valence-corrected chi connectivity index (χ3v) is 4.01. The van der Waals surface area contributed by atoms with Gasteiger partial charge in [-0.15, -0.1) is 0 Å². The zero-order chi connectivity index (χ0) is 13.4. The Balaban J connectivity index is 1.96. The summed E-state index contributed by atoms with van der Waals surface area (Å²) in [6.07, 6.45) is 4.85. The molecular weight excluding hydrogens is 306 g/mol. The predicted molar refractivity (Wildman–Crippen MR) is 77.1 cm³/mol. The van der Waals surface area contributed by atoms with E-state index < -0.39 is 0 Å². The molecule has 2 heterocycles. The molecule has 3 rings (SSSR count). The van der Waals surface area contributed by atoms with E-state index in [2.05, 4.69) is 38.5 Å². The fourth-order valence-corrected chi connectivity index (χ4v) is 2.86. The van der Waals surface area contributed by atoms with Crippen LogP contribution in [0.3, 0.4) is 0 Å². The van der Waals surface area contributed by atoms with E-state index in [0.29, 0.717) is 6.04 Å². The smallest absolute Gasteiger partial charge is 0.129 e. The minimum atomic E-state index is 0.0490. The third-order valence-electron chi connectivity index (χ3n) is 3.52. The van der Waals surface area contributed by atoms with Gasteiger partial charge in [0.25, 0.3) is 0 Å². The van der Waals surface area contributed by atoms with Gasteiger partial charge < -0.3 is 10.1 Å². The van der Waals surface area contributed by atoms with Gasteiger partial charge in [-0.2, -0.15) is 5.10 Å². The second-order valence-electron chi connectivity index (χ2n) is 4.81. The van der Waals surface area contributed by atoms with Crippen LogP contribution in [0, 0.1) is 0 Å². The first-order chi connectivity index (χ1) is 9.17. The molecule has 1 aromatic heterocycles. The molecule has 2 unspecified atom stereocenters. The molecule has 0 aliphatic carbocycles. The topological polar surface area (TPSA) is 39.1 Å². The van der Waals surface area contributed by atoms with Gasteiger partial charge >= 0.3 is 0 Å². The van der Waals surface area contributed by atoms with Crippen LogP contribution in [0.5, 0.6) is 5.75 Å². The summed E-state index contributed by atoms with van der Waals surface area (Å²) in [5.41, 5.74) is 2.33. The number of nitrogens with zero attached hydrogens (tertiary/aromatic N) is 2. The van der Waals surface area contributed by atoms with Crippen molar-refractivity contribution in [2.75, 3.05) is 7.05 Å². The molecule has 2 aromatic rings. The molecule has 0 spiro atoms. The molecule has 5 heteroatoms. The fourth-order valence-electron chi connectivity index (χ4n) is 2.52. The average molecular weight is 322 g/mol. The molecule has 1 aliphatic rings. The molecule has 1 aliphatic heterocycles. The lowest BCUT2D eigenvalue weighted by Crippen LogP contribution is -2.26. The number of hydrogen-bond acceptors (Lipinski definition) is 3. The number of fused-ring (bicyclic) bond motifs is 1. The van der Waals surface area contributed by atoms with Crippen molar-refractivity contribution in [1.29, 1.82) is 0 Å². The maximum Gasteiger partial charge on any atom is 0.129 e. The van der Waals surface area contributed by atoms with E-state index in [9.17, 15) is 0 Å². The van der Waals surface area contributed by atoms with Crippen LogP contribution in [0.2, 0.25) is 0 Å². The summed E-state index contributed by atoms with van der Waals surface area (Å²) in [4.78, 5) is 0. The Morgan fingerprint density at radius 3 is 3.00 bits per heavy atom. The van der Waals surface area contributed by atoms with Crippen LogP contribution in [0.15, 0.2) is 35.1 Å². The highest BCUT2D eigenvalue weighted by atomic mass is 79.9. The first kappa shape index (κ1) is 12.7. The highest BCUT2D eigenvalue weighted by Gasteiger charge is 2.29. The summed E-state index contributed by atoms with van der Waals surface area (Å²) in [5.74, 6) is 0.939. The van der Waals surface area contributed by atoms with E-state index in [0.717, 1.165) is 22.2 Å². The van der Waals surface area contributed by atoms with E-state index in [1.807, 2.05) is 37.2 Å². The standard InChI is InChI=1S/C14H16BrN3O/c1-16-12-6-13(9-7-17-18(2)8-9)19-14-5-10(15)3-4-11(12)14/h3-5,7-8,12-13,16H,6H2,1-2H3. The summed E-state index contributed by atoms with van der Waals surface area (Å²) >= 11 is 3.50. The number of halogens is 1. The van der Waals surface area contributed by atoms with Crippen molar-refractivity contribution in [3.05, 3.63) is 46.2 Å². The molecule has 1 N–H and O–H groups in total. The number of aryl methyl sites for hydroxylation is 1. The molecule has 4 nitrogen and oxygen atoms in total. The van der Waals surface area contributed by atoms with Crippen molar-refractivity contribution in [3.63, 3.8) is 0 Å². The van der Waals surface area contributed by atoms with Crippen LogP contribution >= 0.6 is 15.9 Å². The van der Waals surface area contributed by atoms with Gasteiger partial charge in [0.2, 0.25) is 0 Å². The highest BCUT2D eigenvalue weighted by molar-refractivity contribution is 9.10. The molecule has 0 fully saturated rings. The second-order valence-corrected chi connectivity index (χ2v) is 5.73. The zero-order valence-corrected chi connectivity index (χ0v) is 12.5. The van der Waals surface area contributed by atoms with Crippen molar-refractivity contribution in [2.45, 2.75) is 18.6 Å². The van der Waals surface area contributed by atoms with E-state index in [1.54, 1.807) is 0 Å². The molecule has 0 radical (unpaired) electrons. The Bertz CT molecular complexity index is 596. The zero-order valence-electron chi connectivity index (χ0n) is 10.9. The minimum absolute atomic E-state index is 0.0490. The Kier molecular flexibility index (Phi) is 3.33. The quantitative estimate of drug-likeness (QED) is 0.924. The lowest BCUT2D eigenvalue weighted by molar-refractivity contribution is 0.153. The number of hydrogen-bond donors (Lipinski definition) is 1. The summed E-state index contributed by atoms with van der Waals surface area (Å²) in [6, 6.07) is 6.50. The molecule has 19 heavy (non-hydrogen) atoms. The van der Waals surface area contributed by atoms with Crippen molar-refractivity contribution in [2.24, 2.45) is 7.05 Å². The van der Waals surface area contributed by atoms with Crippen LogP contribution in [0.4, 0.5) is 0 Å². The molecule has 0 amide bonds. The van der Waals surface area contributed by atoms with Crippen LogP contribution in [-0.2, 0) is 7.05 Å². The van der Waals surface area contributed by atoms with E-state index >= 15 is 0 Å². The molecule has 2 atom stereocenters. The Morgan fingerprint density at radius 2 is 2.32 bits per heavy atom. The SMILES string of the molecule is CNC1CC(c2cnn(C)c2)Oc2cc(Br)ccc21. The molecule has 100 valence electrons. The number of nitrogens with one attached hydrogen (secondary N) is 1. The van der Waals surface area contributed by atoms with Crippen LogP contribution in [0.25, 0.3) is 0 Å². The summed E-state index contributed by atoms with van der Waals surface area (Å²) in [7, 11) is 3.91.